The molecule has 1 aromatic rings. The first-order valence-electron chi connectivity index (χ1n) is 5.16. The van der Waals surface area contributed by atoms with Crippen molar-refractivity contribution in [2.45, 2.75) is 12.8 Å². The summed E-state index contributed by atoms with van der Waals surface area (Å²) < 4.78 is 9.74. The molecule has 1 amide bonds. The summed E-state index contributed by atoms with van der Waals surface area (Å²) in [5.41, 5.74) is 1.40. The van der Waals surface area contributed by atoms with E-state index in [1.165, 1.54) is 21.1 Å². The van der Waals surface area contributed by atoms with E-state index in [0.29, 0.717) is 17.0 Å². The van der Waals surface area contributed by atoms with E-state index in [-0.39, 0.29) is 17.4 Å². The van der Waals surface area contributed by atoms with E-state index in [1.54, 1.807) is 12.1 Å². The molecule has 0 saturated carbocycles. The second-order valence-electron chi connectivity index (χ2n) is 3.52. The lowest BCUT2D eigenvalue weighted by Crippen LogP contribution is -2.11. The summed E-state index contributed by atoms with van der Waals surface area (Å²) in [6.07, 6.45) is 0. The van der Waals surface area contributed by atoms with Crippen LogP contribution in [0.4, 0.5) is 5.69 Å². The Labute approximate surface area is 110 Å². The molecule has 0 spiro atoms. The second kappa shape index (κ2) is 6.26. The zero-order valence-electron chi connectivity index (χ0n) is 10.4. The molecule has 0 aliphatic carbocycles. The molecule has 0 heterocycles. The van der Waals surface area contributed by atoms with Crippen LogP contribution in [-0.4, -0.2) is 26.1 Å². The number of rotatable bonds is 4. The highest BCUT2D eigenvalue weighted by atomic mass is 35.5. The van der Waals surface area contributed by atoms with Gasteiger partial charge in [-0.2, -0.15) is 0 Å². The number of ether oxygens (including phenoxy) is 2. The predicted molar refractivity (Wildman–Crippen MR) is 68.2 cm³/mol. The maximum atomic E-state index is 11.6. The maximum Gasteiger partial charge on any atom is 0.341 e. The number of benzene rings is 1. The van der Waals surface area contributed by atoms with Crippen molar-refractivity contribution in [1.82, 2.24) is 0 Å². The number of carbonyl (C=O) groups is 2. The van der Waals surface area contributed by atoms with Gasteiger partial charge in [-0.25, -0.2) is 4.79 Å². The van der Waals surface area contributed by atoms with E-state index in [1.807, 2.05) is 0 Å². The van der Waals surface area contributed by atoms with Crippen LogP contribution in [0.3, 0.4) is 0 Å². The van der Waals surface area contributed by atoms with Crippen molar-refractivity contribution < 1.29 is 19.1 Å². The lowest BCUT2D eigenvalue weighted by Gasteiger charge is -2.13. The van der Waals surface area contributed by atoms with Gasteiger partial charge in [-0.1, -0.05) is 0 Å². The topological polar surface area (TPSA) is 64.6 Å². The molecule has 0 radical (unpaired) electrons. The summed E-state index contributed by atoms with van der Waals surface area (Å²) >= 11 is 5.79. The number of hydrogen-bond acceptors (Lipinski definition) is 4. The average Bonchev–Trinajstić information content (AvgIpc) is 2.36. The third-order valence-electron chi connectivity index (χ3n) is 2.29. The monoisotopic (exact) mass is 271 g/mol. The van der Waals surface area contributed by atoms with Gasteiger partial charge >= 0.3 is 5.97 Å². The zero-order valence-corrected chi connectivity index (χ0v) is 11.1. The van der Waals surface area contributed by atoms with Crippen molar-refractivity contribution in [3.05, 3.63) is 23.3 Å². The van der Waals surface area contributed by atoms with E-state index in [0.717, 1.165) is 0 Å². The number of esters is 1. The summed E-state index contributed by atoms with van der Waals surface area (Å²) in [5, 5.41) is 2.63. The smallest absolute Gasteiger partial charge is 0.341 e. The fraction of sp³-hybridized carbons (Fsp3) is 0.333. The van der Waals surface area contributed by atoms with Crippen LogP contribution in [-0.2, 0) is 15.4 Å². The minimum absolute atomic E-state index is 0.156. The van der Waals surface area contributed by atoms with Gasteiger partial charge in [0, 0.05) is 24.6 Å². The van der Waals surface area contributed by atoms with Gasteiger partial charge in [0.2, 0.25) is 5.91 Å². The largest absolute Gasteiger partial charge is 0.496 e. The highest BCUT2D eigenvalue weighted by molar-refractivity contribution is 6.17. The maximum absolute atomic E-state index is 11.6. The third-order valence-corrected chi connectivity index (χ3v) is 2.57. The van der Waals surface area contributed by atoms with Crippen molar-refractivity contribution in [3.8, 4) is 5.75 Å². The van der Waals surface area contributed by atoms with Crippen LogP contribution in [0.25, 0.3) is 0 Å². The molecular weight excluding hydrogens is 258 g/mol. The van der Waals surface area contributed by atoms with E-state index in [9.17, 15) is 9.59 Å². The summed E-state index contributed by atoms with van der Waals surface area (Å²) in [4.78, 5) is 22.6. The number of carbonyl (C=O) groups excluding carboxylic acids is 2. The van der Waals surface area contributed by atoms with Gasteiger partial charge in [0.05, 0.1) is 14.2 Å². The lowest BCUT2D eigenvalue weighted by molar-refractivity contribution is -0.114. The fourth-order valence-electron chi connectivity index (χ4n) is 1.48. The van der Waals surface area contributed by atoms with Crippen molar-refractivity contribution in [2.24, 2.45) is 0 Å². The van der Waals surface area contributed by atoms with Gasteiger partial charge < -0.3 is 14.8 Å². The summed E-state index contributed by atoms with van der Waals surface area (Å²) in [6, 6.07) is 3.09. The number of nitrogens with one attached hydrogen (secondary N) is 1. The molecule has 1 N–H and O–H groups in total. The second-order valence-corrected chi connectivity index (χ2v) is 3.78. The first kappa shape index (κ1) is 14.3. The summed E-state index contributed by atoms with van der Waals surface area (Å²) in [7, 11) is 2.71. The fourth-order valence-corrected chi connectivity index (χ4v) is 1.70. The van der Waals surface area contributed by atoms with Crippen LogP contribution in [0.1, 0.15) is 22.8 Å². The minimum Gasteiger partial charge on any atom is -0.496 e. The molecule has 0 atom stereocenters. The molecule has 0 saturated heterocycles. The van der Waals surface area contributed by atoms with Crippen molar-refractivity contribution in [3.63, 3.8) is 0 Å². The van der Waals surface area contributed by atoms with Crippen LogP contribution < -0.4 is 10.1 Å². The molecule has 0 aliphatic rings. The molecule has 5 nitrogen and oxygen atoms in total. The number of halogens is 1. The molecule has 1 rings (SSSR count). The van der Waals surface area contributed by atoms with E-state index in [4.69, 9.17) is 16.3 Å². The zero-order chi connectivity index (χ0) is 13.7. The molecule has 18 heavy (non-hydrogen) atoms. The number of alkyl halides is 1. The Balaban J connectivity index is 3.31. The Morgan fingerprint density at radius 2 is 2.00 bits per heavy atom. The summed E-state index contributed by atoms with van der Waals surface area (Å²) in [6.45, 7) is 1.39. The number of methoxy groups -OCH3 is 2. The molecule has 0 aromatic heterocycles. The number of anilines is 1. The Morgan fingerprint density at radius 3 is 2.44 bits per heavy atom. The Kier molecular flexibility index (Phi) is 4.97. The van der Waals surface area contributed by atoms with E-state index >= 15 is 0 Å². The molecule has 0 unspecified atom stereocenters. The molecule has 0 bridgehead atoms. The molecule has 0 aliphatic heterocycles. The molecular formula is C12H14ClNO4. The first-order valence-corrected chi connectivity index (χ1v) is 5.69. The van der Waals surface area contributed by atoms with Gasteiger partial charge in [0.1, 0.15) is 11.3 Å². The van der Waals surface area contributed by atoms with Crippen molar-refractivity contribution in [2.75, 3.05) is 19.5 Å². The van der Waals surface area contributed by atoms with Crippen LogP contribution in [0.5, 0.6) is 5.75 Å². The average molecular weight is 272 g/mol. The van der Waals surface area contributed by atoms with E-state index in [2.05, 4.69) is 10.1 Å². The van der Waals surface area contributed by atoms with Gasteiger partial charge in [-0.3, -0.25) is 4.79 Å². The van der Waals surface area contributed by atoms with Gasteiger partial charge in [0.15, 0.2) is 0 Å². The first-order chi connectivity index (χ1) is 8.53. The highest BCUT2D eigenvalue weighted by Crippen LogP contribution is 2.29. The lowest BCUT2D eigenvalue weighted by atomic mass is 10.1. The predicted octanol–water partition coefficient (Wildman–Crippen LogP) is 2.18. The normalized spacial score (nSPS) is 9.78. The van der Waals surface area contributed by atoms with Gasteiger partial charge in [0.25, 0.3) is 0 Å². The van der Waals surface area contributed by atoms with Crippen molar-refractivity contribution >= 4 is 29.2 Å². The van der Waals surface area contributed by atoms with E-state index < -0.39 is 5.97 Å². The van der Waals surface area contributed by atoms with Crippen LogP contribution in [0.2, 0.25) is 0 Å². The van der Waals surface area contributed by atoms with Crippen LogP contribution >= 0.6 is 11.6 Å². The quantitative estimate of drug-likeness (QED) is 0.673. The standard InChI is InChI=1S/C12H14ClNO4/c1-7(15)14-10-5-11(17-2)9(12(16)18-3)4-8(10)6-13/h4-5H,6H2,1-3H3,(H,14,15). The molecule has 0 fully saturated rings. The van der Waals surface area contributed by atoms with Gasteiger partial charge in [-0.05, 0) is 11.6 Å². The molecule has 6 heteroatoms. The number of amides is 1. The molecule has 1 aromatic carbocycles. The minimum atomic E-state index is -0.521. The Bertz CT molecular complexity index is 473. The van der Waals surface area contributed by atoms with Gasteiger partial charge in [-0.15, -0.1) is 11.6 Å². The number of hydrogen-bond donors (Lipinski definition) is 1. The summed E-state index contributed by atoms with van der Waals surface area (Å²) in [5.74, 6) is -0.273. The van der Waals surface area contributed by atoms with Crippen molar-refractivity contribution in [1.29, 1.82) is 0 Å². The highest BCUT2D eigenvalue weighted by Gasteiger charge is 2.17. The van der Waals surface area contributed by atoms with Crippen LogP contribution in [0.15, 0.2) is 12.1 Å². The Morgan fingerprint density at radius 1 is 1.33 bits per heavy atom. The Hall–Kier alpha value is -1.75. The SMILES string of the molecule is COC(=O)c1cc(CCl)c(NC(C)=O)cc1OC. The third kappa shape index (κ3) is 3.13. The molecule has 98 valence electrons. The van der Waals surface area contributed by atoms with Crippen LogP contribution in [0, 0.1) is 0 Å².